The molecule has 6 heteroatoms. The molecular formula is C17H27N3O3. The maximum atomic E-state index is 12.6. The topological polar surface area (TPSA) is 65.8 Å². The van der Waals surface area contributed by atoms with Crippen LogP contribution in [0.2, 0.25) is 0 Å². The van der Waals surface area contributed by atoms with Crippen molar-refractivity contribution in [2.75, 3.05) is 40.3 Å². The van der Waals surface area contributed by atoms with Crippen LogP contribution < -0.4 is 5.32 Å². The molecule has 1 atom stereocenters. The van der Waals surface area contributed by atoms with Crippen molar-refractivity contribution in [3.8, 4) is 0 Å². The number of carbonyl (C=O) groups is 2. The maximum Gasteiger partial charge on any atom is 0.257 e. The summed E-state index contributed by atoms with van der Waals surface area (Å²) in [6.45, 7) is 6.27. The smallest absolute Gasteiger partial charge is 0.257 e. The van der Waals surface area contributed by atoms with E-state index in [-0.39, 0.29) is 17.7 Å². The summed E-state index contributed by atoms with van der Waals surface area (Å²) in [5.41, 5.74) is 0.608. The lowest BCUT2D eigenvalue weighted by Gasteiger charge is -2.32. The van der Waals surface area contributed by atoms with E-state index in [0.717, 1.165) is 25.1 Å². The van der Waals surface area contributed by atoms with E-state index in [4.69, 9.17) is 4.42 Å². The number of aryl methyl sites for hydroxylation is 2. The zero-order valence-corrected chi connectivity index (χ0v) is 14.5. The van der Waals surface area contributed by atoms with Gasteiger partial charge in [-0.15, -0.1) is 0 Å². The number of carbonyl (C=O) groups excluding carboxylic acids is 2. The second-order valence-corrected chi connectivity index (χ2v) is 6.51. The number of likely N-dealkylation sites (N-methyl/N-ethyl adjacent to an activating group) is 1. The largest absolute Gasteiger partial charge is 0.466 e. The van der Waals surface area contributed by atoms with Crippen LogP contribution in [0.15, 0.2) is 10.5 Å². The van der Waals surface area contributed by atoms with Gasteiger partial charge in [-0.25, -0.2) is 0 Å². The molecule has 0 saturated carbocycles. The Bertz CT molecular complexity index is 565. The summed E-state index contributed by atoms with van der Waals surface area (Å²) in [7, 11) is 3.95. The van der Waals surface area contributed by atoms with E-state index in [1.165, 1.54) is 0 Å². The fourth-order valence-electron chi connectivity index (χ4n) is 2.94. The normalized spacial score (nSPS) is 18.3. The SMILES string of the molecule is Cc1cc(C(=O)N2CCCC(C(=O)NCCN(C)C)C2)c(C)o1. The number of rotatable bonds is 5. The number of likely N-dealkylation sites (tertiary alicyclic amines) is 1. The van der Waals surface area contributed by atoms with E-state index in [1.54, 1.807) is 17.9 Å². The van der Waals surface area contributed by atoms with Crippen LogP contribution in [0.25, 0.3) is 0 Å². The molecule has 23 heavy (non-hydrogen) atoms. The van der Waals surface area contributed by atoms with Crippen molar-refractivity contribution in [3.05, 3.63) is 23.2 Å². The number of piperidine rings is 1. The second kappa shape index (κ2) is 7.64. The molecule has 0 radical (unpaired) electrons. The molecule has 1 aliphatic heterocycles. The van der Waals surface area contributed by atoms with Crippen LogP contribution in [0.4, 0.5) is 0 Å². The second-order valence-electron chi connectivity index (χ2n) is 6.51. The summed E-state index contributed by atoms with van der Waals surface area (Å²) in [5.74, 6) is 1.27. The molecule has 1 aliphatic rings. The van der Waals surface area contributed by atoms with Crippen LogP contribution in [-0.2, 0) is 4.79 Å². The highest BCUT2D eigenvalue weighted by Crippen LogP contribution is 2.21. The summed E-state index contributed by atoms with van der Waals surface area (Å²) in [6, 6.07) is 1.78. The molecule has 2 amide bonds. The Morgan fingerprint density at radius 3 is 2.74 bits per heavy atom. The molecule has 6 nitrogen and oxygen atoms in total. The molecule has 1 unspecified atom stereocenters. The fraction of sp³-hybridized carbons (Fsp3) is 0.647. The third kappa shape index (κ3) is 4.58. The minimum Gasteiger partial charge on any atom is -0.466 e. The highest BCUT2D eigenvalue weighted by molar-refractivity contribution is 5.95. The molecule has 1 N–H and O–H groups in total. The molecule has 0 spiro atoms. The zero-order chi connectivity index (χ0) is 17.0. The van der Waals surface area contributed by atoms with Crippen LogP contribution in [0, 0.1) is 19.8 Å². The predicted molar refractivity (Wildman–Crippen MR) is 88.4 cm³/mol. The summed E-state index contributed by atoms with van der Waals surface area (Å²) in [6.07, 6.45) is 1.69. The van der Waals surface area contributed by atoms with Gasteiger partial charge in [0.25, 0.3) is 5.91 Å². The van der Waals surface area contributed by atoms with Crippen molar-refractivity contribution in [1.82, 2.24) is 15.1 Å². The highest BCUT2D eigenvalue weighted by atomic mass is 16.3. The van der Waals surface area contributed by atoms with Gasteiger partial charge in [0.15, 0.2) is 0 Å². The van der Waals surface area contributed by atoms with Gasteiger partial charge in [-0.05, 0) is 46.9 Å². The van der Waals surface area contributed by atoms with Gasteiger partial charge in [0.1, 0.15) is 11.5 Å². The van der Waals surface area contributed by atoms with Gasteiger partial charge < -0.3 is 19.5 Å². The first-order chi connectivity index (χ1) is 10.9. The van der Waals surface area contributed by atoms with Crippen LogP contribution in [0.3, 0.4) is 0 Å². The molecule has 1 aromatic heterocycles. The van der Waals surface area contributed by atoms with Gasteiger partial charge in [0.05, 0.1) is 11.5 Å². The van der Waals surface area contributed by atoms with Crippen molar-refractivity contribution in [3.63, 3.8) is 0 Å². The van der Waals surface area contributed by atoms with Gasteiger partial charge in [0, 0.05) is 26.2 Å². The van der Waals surface area contributed by atoms with E-state index in [2.05, 4.69) is 5.32 Å². The van der Waals surface area contributed by atoms with Gasteiger partial charge >= 0.3 is 0 Å². The monoisotopic (exact) mass is 321 g/mol. The lowest BCUT2D eigenvalue weighted by Crippen LogP contribution is -2.46. The van der Waals surface area contributed by atoms with Crippen LogP contribution >= 0.6 is 0 Å². The van der Waals surface area contributed by atoms with Crippen LogP contribution in [0.1, 0.15) is 34.7 Å². The Labute approximate surface area is 137 Å². The van der Waals surface area contributed by atoms with E-state index in [9.17, 15) is 9.59 Å². The molecule has 0 aliphatic carbocycles. The molecular weight excluding hydrogens is 294 g/mol. The quantitative estimate of drug-likeness (QED) is 0.891. The van der Waals surface area contributed by atoms with Crippen molar-refractivity contribution in [1.29, 1.82) is 0 Å². The number of nitrogens with zero attached hydrogens (tertiary/aromatic N) is 2. The maximum absolute atomic E-state index is 12.6. The van der Waals surface area contributed by atoms with Crippen molar-refractivity contribution < 1.29 is 14.0 Å². The Morgan fingerprint density at radius 1 is 1.39 bits per heavy atom. The van der Waals surface area contributed by atoms with Gasteiger partial charge in [0.2, 0.25) is 5.91 Å². The van der Waals surface area contributed by atoms with E-state index in [1.807, 2.05) is 25.9 Å². The number of furan rings is 1. The lowest BCUT2D eigenvalue weighted by molar-refractivity contribution is -0.126. The molecule has 0 bridgehead atoms. The van der Waals surface area contributed by atoms with Crippen molar-refractivity contribution in [2.45, 2.75) is 26.7 Å². The molecule has 0 aromatic carbocycles. The Balaban J connectivity index is 1.93. The average molecular weight is 321 g/mol. The molecule has 2 rings (SSSR count). The molecule has 128 valence electrons. The first-order valence-corrected chi connectivity index (χ1v) is 8.17. The molecule has 2 heterocycles. The van der Waals surface area contributed by atoms with Gasteiger partial charge in [-0.3, -0.25) is 9.59 Å². The summed E-state index contributed by atoms with van der Waals surface area (Å²) >= 11 is 0. The standard InChI is InChI=1S/C17H27N3O3/c1-12-10-15(13(2)23-12)17(22)20-8-5-6-14(11-20)16(21)18-7-9-19(3)4/h10,14H,5-9,11H2,1-4H3,(H,18,21). The fourth-order valence-corrected chi connectivity index (χ4v) is 2.94. The average Bonchev–Trinajstić information content (AvgIpc) is 2.84. The first kappa shape index (κ1) is 17.5. The molecule has 1 fully saturated rings. The third-order valence-corrected chi connectivity index (χ3v) is 4.21. The third-order valence-electron chi connectivity index (χ3n) is 4.21. The van der Waals surface area contributed by atoms with Crippen molar-refractivity contribution >= 4 is 11.8 Å². The lowest BCUT2D eigenvalue weighted by atomic mass is 9.96. The van der Waals surface area contributed by atoms with E-state index < -0.39 is 0 Å². The number of nitrogens with one attached hydrogen (secondary N) is 1. The summed E-state index contributed by atoms with van der Waals surface area (Å²) in [4.78, 5) is 28.7. The van der Waals surface area contributed by atoms with E-state index in [0.29, 0.717) is 31.0 Å². The number of hydrogen-bond acceptors (Lipinski definition) is 4. The molecule has 1 saturated heterocycles. The Hall–Kier alpha value is -1.82. The molecule has 1 aromatic rings. The number of hydrogen-bond donors (Lipinski definition) is 1. The minimum absolute atomic E-state index is 0.0369. The number of amides is 2. The van der Waals surface area contributed by atoms with Gasteiger partial charge in [-0.1, -0.05) is 0 Å². The van der Waals surface area contributed by atoms with Gasteiger partial charge in [-0.2, -0.15) is 0 Å². The predicted octanol–water partition coefficient (Wildman–Crippen LogP) is 1.43. The Kier molecular flexibility index (Phi) is 5.82. The minimum atomic E-state index is -0.122. The zero-order valence-electron chi connectivity index (χ0n) is 14.5. The van der Waals surface area contributed by atoms with Crippen molar-refractivity contribution in [2.24, 2.45) is 5.92 Å². The summed E-state index contributed by atoms with van der Waals surface area (Å²) < 4.78 is 5.44. The summed E-state index contributed by atoms with van der Waals surface area (Å²) in [5, 5.41) is 2.96. The first-order valence-electron chi connectivity index (χ1n) is 8.17. The van der Waals surface area contributed by atoms with E-state index >= 15 is 0 Å². The van der Waals surface area contributed by atoms with Crippen LogP contribution in [-0.4, -0.2) is 61.9 Å². The highest BCUT2D eigenvalue weighted by Gasteiger charge is 2.30. The van der Waals surface area contributed by atoms with Crippen LogP contribution in [0.5, 0.6) is 0 Å². The Morgan fingerprint density at radius 2 is 2.13 bits per heavy atom.